The first-order valence-electron chi connectivity index (χ1n) is 11.9. The van der Waals surface area contributed by atoms with Gasteiger partial charge in [0.1, 0.15) is 18.1 Å². The number of carboxylic acids is 1. The van der Waals surface area contributed by atoms with E-state index in [1.54, 1.807) is 6.07 Å². The van der Waals surface area contributed by atoms with Crippen molar-refractivity contribution in [1.29, 1.82) is 0 Å². The second-order valence-electron chi connectivity index (χ2n) is 9.00. The van der Waals surface area contributed by atoms with Crippen molar-refractivity contribution in [3.63, 3.8) is 0 Å². The number of hydrogen-bond acceptors (Lipinski definition) is 3. The van der Waals surface area contributed by atoms with E-state index in [4.69, 9.17) is 26.5 Å². The van der Waals surface area contributed by atoms with Crippen molar-refractivity contribution in [1.82, 2.24) is 9.78 Å². The van der Waals surface area contributed by atoms with Gasteiger partial charge in [-0.1, -0.05) is 54.9 Å². The average Bonchev–Trinajstić information content (AvgIpc) is 3.20. The average molecular weight is 485 g/mol. The molecule has 2 aromatic carbocycles. The Hall–Kier alpha value is -2.70. The summed E-state index contributed by atoms with van der Waals surface area (Å²) < 4.78 is 21.7. The third-order valence-electron chi connectivity index (χ3n) is 6.62. The molecule has 0 amide bonds. The van der Waals surface area contributed by atoms with Gasteiger partial charge < -0.3 is 9.84 Å². The highest BCUT2D eigenvalue weighted by atomic mass is 35.5. The van der Waals surface area contributed by atoms with Gasteiger partial charge >= 0.3 is 5.97 Å². The normalized spacial score (nSPS) is 18.2. The molecule has 34 heavy (non-hydrogen) atoms. The first-order chi connectivity index (χ1) is 16.5. The molecule has 1 aliphatic carbocycles. The fourth-order valence-corrected chi connectivity index (χ4v) is 5.02. The molecule has 0 saturated heterocycles. The number of halogens is 2. The van der Waals surface area contributed by atoms with Crippen molar-refractivity contribution >= 4 is 17.6 Å². The SMILES string of the molecule is CCc1c(-c2ccccc2)c(-c2ccc(Cl)c(F)c2)nn1C[C@H]1CC[C@@H](COCC(=O)O)CC1. The van der Waals surface area contributed by atoms with Crippen molar-refractivity contribution in [2.75, 3.05) is 13.2 Å². The molecule has 180 valence electrons. The largest absolute Gasteiger partial charge is 0.480 e. The Kier molecular flexibility index (Phi) is 8.01. The number of hydrogen-bond donors (Lipinski definition) is 1. The summed E-state index contributed by atoms with van der Waals surface area (Å²) in [4.78, 5) is 10.7. The standard InChI is InChI=1S/C27H30ClFN2O3/c1-2-24-26(20-6-4-3-5-7-20)27(21-12-13-22(28)23(29)14-21)30-31(24)15-18-8-10-19(11-9-18)16-34-17-25(32)33/h3-7,12-14,18-19H,2,8-11,15-17H2,1H3,(H,32,33)/t18-,19+. The molecule has 1 aromatic heterocycles. The lowest BCUT2D eigenvalue weighted by molar-refractivity contribution is -0.142. The van der Waals surface area contributed by atoms with E-state index in [1.165, 1.54) is 6.07 Å². The van der Waals surface area contributed by atoms with Crippen LogP contribution in [0.25, 0.3) is 22.4 Å². The highest BCUT2D eigenvalue weighted by Crippen LogP contribution is 2.37. The van der Waals surface area contributed by atoms with Gasteiger partial charge in [0.05, 0.1) is 11.6 Å². The van der Waals surface area contributed by atoms with Crippen LogP contribution in [0.1, 0.15) is 38.3 Å². The van der Waals surface area contributed by atoms with E-state index in [0.29, 0.717) is 24.0 Å². The highest BCUT2D eigenvalue weighted by Gasteiger charge is 2.25. The Morgan fingerprint density at radius 1 is 1.12 bits per heavy atom. The number of benzene rings is 2. The Bertz CT molecular complexity index is 1120. The maximum absolute atomic E-state index is 14.3. The fraction of sp³-hybridized carbons (Fsp3) is 0.407. The van der Waals surface area contributed by atoms with Crippen LogP contribution in [0.2, 0.25) is 5.02 Å². The summed E-state index contributed by atoms with van der Waals surface area (Å²) in [6.45, 7) is 3.21. The van der Waals surface area contributed by atoms with Crippen LogP contribution < -0.4 is 0 Å². The molecule has 0 bridgehead atoms. The molecule has 5 nitrogen and oxygen atoms in total. The zero-order chi connectivity index (χ0) is 24.1. The Morgan fingerprint density at radius 2 is 1.82 bits per heavy atom. The van der Waals surface area contributed by atoms with E-state index < -0.39 is 11.8 Å². The van der Waals surface area contributed by atoms with Crippen molar-refractivity contribution in [3.8, 4) is 22.4 Å². The van der Waals surface area contributed by atoms with Gasteiger partial charge in [-0.3, -0.25) is 4.68 Å². The van der Waals surface area contributed by atoms with E-state index in [-0.39, 0.29) is 11.6 Å². The van der Waals surface area contributed by atoms with E-state index in [0.717, 1.165) is 61.2 Å². The second-order valence-corrected chi connectivity index (χ2v) is 9.40. The molecule has 0 radical (unpaired) electrons. The molecule has 0 atom stereocenters. The van der Waals surface area contributed by atoms with Gasteiger partial charge in [-0.2, -0.15) is 5.10 Å². The molecule has 1 saturated carbocycles. The van der Waals surface area contributed by atoms with Crippen LogP contribution in [-0.4, -0.2) is 34.1 Å². The van der Waals surface area contributed by atoms with E-state index in [1.807, 2.05) is 24.3 Å². The molecule has 0 aliphatic heterocycles. The predicted octanol–water partition coefficient (Wildman–Crippen LogP) is 6.48. The van der Waals surface area contributed by atoms with Crippen LogP contribution in [-0.2, 0) is 22.5 Å². The van der Waals surface area contributed by atoms with Gasteiger partial charge in [0.15, 0.2) is 0 Å². The minimum atomic E-state index is -0.926. The number of aromatic nitrogens is 2. The monoisotopic (exact) mass is 484 g/mol. The Labute approximate surface area is 204 Å². The minimum absolute atomic E-state index is 0.101. The summed E-state index contributed by atoms with van der Waals surface area (Å²) >= 11 is 5.94. The lowest BCUT2D eigenvalue weighted by Crippen LogP contribution is -2.23. The number of carbonyl (C=O) groups is 1. The van der Waals surface area contributed by atoms with E-state index >= 15 is 0 Å². The third kappa shape index (κ3) is 5.68. The predicted molar refractivity (Wildman–Crippen MR) is 131 cm³/mol. The first-order valence-corrected chi connectivity index (χ1v) is 12.2. The smallest absolute Gasteiger partial charge is 0.329 e. The van der Waals surface area contributed by atoms with Crippen molar-refractivity contribution in [3.05, 3.63) is 65.1 Å². The van der Waals surface area contributed by atoms with Crippen molar-refractivity contribution in [2.24, 2.45) is 11.8 Å². The molecular weight excluding hydrogens is 455 g/mol. The van der Waals surface area contributed by atoms with Crippen molar-refractivity contribution < 1.29 is 19.0 Å². The Balaban J connectivity index is 1.58. The van der Waals surface area contributed by atoms with Crippen LogP contribution >= 0.6 is 11.6 Å². The zero-order valence-corrected chi connectivity index (χ0v) is 20.1. The fourth-order valence-electron chi connectivity index (χ4n) is 4.90. The zero-order valence-electron chi connectivity index (χ0n) is 19.3. The van der Waals surface area contributed by atoms with Crippen LogP contribution in [0.4, 0.5) is 4.39 Å². The lowest BCUT2D eigenvalue weighted by atomic mass is 9.82. The second kappa shape index (κ2) is 11.2. The number of ether oxygens (including phenoxy) is 1. The highest BCUT2D eigenvalue weighted by molar-refractivity contribution is 6.30. The summed E-state index contributed by atoms with van der Waals surface area (Å²) in [5.41, 5.74) is 4.74. The topological polar surface area (TPSA) is 64.4 Å². The number of rotatable bonds is 9. The van der Waals surface area contributed by atoms with Crippen LogP contribution in [0.3, 0.4) is 0 Å². The molecular formula is C27H30ClFN2O3. The molecule has 1 fully saturated rings. The molecule has 1 N–H and O–H groups in total. The van der Waals surface area contributed by atoms with Crippen LogP contribution in [0, 0.1) is 17.7 Å². The van der Waals surface area contributed by atoms with E-state index in [2.05, 4.69) is 23.7 Å². The molecule has 1 heterocycles. The summed E-state index contributed by atoms with van der Waals surface area (Å²) in [6, 6.07) is 15.0. The van der Waals surface area contributed by atoms with Gasteiger partial charge in [-0.15, -0.1) is 0 Å². The van der Waals surface area contributed by atoms with E-state index in [9.17, 15) is 9.18 Å². The molecule has 7 heteroatoms. The van der Waals surface area contributed by atoms with Gasteiger partial charge in [-0.05, 0) is 61.6 Å². The molecule has 0 unspecified atom stereocenters. The molecule has 0 spiro atoms. The van der Waals surface area contributed by atoms with Gasteiger partial charge in [0.25, 0.3) is 0 Å². The van der Waals surface area contributed by atoms with Gasteiger partial charge in [0.2, 0.25) is 0 Å². The van der Waals surface area contributed by atoms with Crippen LogP contribution in [0.15, 0.2) is 48.5 Å². The first kappa shape index (κ1) is 24.4. The minimum Gasteiger partial charge on any atom is -0.480 e. The quantitative estimate of drug-likeness (QED) is 0.377. The van der Waals surface area contributed by atoms with Gasteiger partial charge in [-0.25, -0.2) is 9.18 Å². The van der Waals surface area contributed by atoms with Crippen molar-refractivity contribution in [2.45, 2.75) is 45.6 Å². The van der Waals surface area contributed by atoms with Gasteiger partial charge in [0, 0.05) is 23.4 Å². The molecule has 4 rings (SSSR count). The summed E-state index contributed by atoms with van der Waals surface area (Å²) in [6.07, 6.45) is 4.96. The maximum atomic E-state index is 14.3. The Morgan fingerprint density at radius 3 is 2.47 bits per heavy atom. The summed E-state index contributed by atoms with van der Waals surface area (Å²) in [7, 11) is 0. The number of carboxylic acid groups (broad SMARTS) is 1. The number of aliphatic carboxylic acids is 1. The lowest BCUT2D eigenvalue weighted by Gasteiger charge is -2.28. The maximum Gasteiger partial charge on any atom is 0.329 e. The van der Waals surface area contributed by atoms with Crippen LogP contribution in [0.5, 0.6) is 0 Å². The molecule has 3 aromatic rings. The summed E-state index contributed by atoms with van der Waals surface area (Å²) in [5, 5.41) is 13.9. The molecule has 1 aliphatic rings. The third-order valence-corrected chi connectivity index (χ3v) is 6.93. The number of nitrogens with zero attached hydrogens (tertiary/aromatic N) is 2. The summed E-state index contributed by atoms with van der Waals surface area (Å²) in [5.74, 6) is -0.482.